The maximum atomic E-state index is 11.8. The van der Waals surface area contributed by atoms with Gasteiger partial charge in [-0.15, -0.1) is 0 Å². The molecule has 88 valence electrons. The summed E-state index contributed by atoms with van der Waals surface area (Å²) in [6.45, 7) is 0. The van der Waals surface area contributed by atoms with Gasteiger partial charge in [0.15, 0.2) is 0 Å². The zero-order chi connectivity index (χ0) is 12.1. The fraction of sp³-hybridized carbons (Fsp3) is 0.429. The first-order chi connectivity index (χ1) is 8.29. The molecule has 0 heterocycles. The summed E-state index contributed by atoms with van der Waals surface area (Å²) in [6.07, 6.45) is 5.49. The summed E-state index contributed by atoms with van der Waals surface area (Å²) >= 11 is 0. The van der Waals surface area contributed by atoms with Gasteiger partial charge in [0.25, 0.3) is 0 Å². The van der Waals surface area contributed by atoms with Gasteiger partial charge in [-0.1, -0.05) is 12.5 Å². The molecule has 0 radical (unpaired) electrons. The Morgan fingerprint density at radius 3 is 2.76 bits per heavy atom. The molecule has 0 saturated heterocycles. The number of esters is 1. The number of nitriles is 1. The van der Waals surface area contributed by atoms with E-state index in [1.165, 1.54) is 6.42 Å². The molecule has 1 saturated carbocycles. The molecule has 1 aliphatic carbocycles. The highest BCUT2D eigenvalue weighted by Gasteiger charge is 2.18. The van der Waals surface area contributed by atoms with Crippen molar-refractivity contribution >= 4 is 5.97 Å². The first-order valence-corrected chi connectivity index (χ1v) is 6.01. The van der Waals surface area contributed by atoms with E-state index < -0.39 is 0 Å². The van der Waals surface area contributed by atoms with Crippen LogP contribution in [-0.2, 0) is 4.74 Å². The van der Waals surface area contributed by atoms with Crippen molar-refractivity contribution in [3.8, 4) is 6.07 Å². The van der Waals surface area contributed by atoms with Crippen LogP contribution < -0.4 is 0 Å². The van der Waals surface area contributed by atoms with Gasteiger partial charge in [0, 0.05) is 0 Å². The Labute approximate surface area is 101 Å². The molecule has 0 spiro atoms. The molecule has 1 aromatic rings. The first kappa shape index (κ1) is 11.7. The summed E-state index contributed by atoms with van der Waals surface area (Å²) in [5, 5.41) is 8.76. The van der Waals surface area contributed by atoms with Gasteiger partial charge >= 0.3 is 5.97 Å². The Bertz CT molecular complexity index is 442. The van der Waals surface area contributed by atoms with Crippen molar-refractivity contribution in [2.45, 2.75) is 38.2 Å². The van der Waals surface area contributed by atoms with E-state index in [9.17, 15) is 4.79 Å². The van der Waals surface area contributed by atoms with E-state index in [1.54, 1.807) is 24.3 Å². The Hall–Kier alpha value is -1.82. The maximum absolute atomic E-state index is 11.8. The molecule has 0 aromatic heterocycles. The van der Waals surface area contributed by atoms with Crippen LogP contribution in [0.5, 0.6) is 0 Å². The highest BCUT2D eigenvalue weighted by molar-refractivity contribution is 5.89. The van der Waals surface area contributed by atoms with Crippen LogP contribution in [0.3, 0.4) is 0 Å². The molecule has 0 amide bonds. The second-order valence-corrected chi connectivity index (χ2v) is 4.36. The van der Waals surface area contributed by atoms with Gasteiger partial charge in [-0.25, -0.2) is 4.79 Å². The second kappa shape index (κ2) is 5.49. The summed E-state index contributed by atoms with van der Waals surface area (Å²) in [5.41, 5.74) is 0.956. The van der Waals surface area contributed by atoms with Crippen LogP contribution in [0.1, 0.15) is 48.0 Å². The van der Waals surface area contributed by atoms with Gasteiger partial charge in [0.1, 0.15) is 6.10 Å². The van der Waals surface area contributed by atoms with Crippen molar-refractivity contribution in [3.05, 3.63) is 35.4 Å². The van der Waals surface area contributed by atoms with Crippen LogP contribution in [0, 0.1) is 11.3 Å². The lowest BCUT2D eigenvalue weighted by Gasteiger charge is -2.21. The monoisotopic (exact) mass is 229 g/mol. The van der Waals surface area contributed by atoms with Crippen LogP contribution in [0.4, 0.5) is 0 Å². The van der Waals surface area contributed by atoms with Crippen molar-refractivity contribution in [1.29, 1.82) is 5.26 Å². The fourth-order valence-corrected chi connectivity index (χ4v) is 2.12. The summed E-state index contributed by atoms with van der Waals surface area (Å²) in [5.74, 6) is -0.311. The molecule has 0 aliphatic heterocycles. The number of hydrogen-bond donors (Lipinski definition) is 0. The van der Waals surface area contributed by atoms with Crippen molar-refractivity contribution in [2.75, 3.05) is 0 Å². The van der Waals surface area contributed by atoms with E-state index in [0.29, 0.717) is 11.1 Å². The normalized spacial score (nSPS) is 16.2. The topological polar surface area (TPSA) is 50.1 Å². The van der Waals surface area contributed by atoms with Crippen LogP contribution in [-0.4, -0.2) is 12.1 Å². The summed E-state index contributed by atoms with van der Waals surface area (Å²) in [7, 11) is 0. The smallest absolute Gasteiger partial charge is 0.338 e. The highest BCUT2D eigenvalue weighted by atomic mass is 16.5. The van der Waals surface area contributed by atoms with Crippen LogP contribution in [0.2, 0.25) is 0 Å². The molecule has 3 heteroatoms. The minimum absolute atomic E-state index is 0.0574. The van der Waals surface area contributed by atoms with Gasteiger partial charge in [0.2, 0.25) is 0 Å². The van der Waals surface area contributed by atoms with Crippen LogP contribution in [0.25, 0.3) is 0 Å². The van der Waals surface area contributed by atoms with Gasteiger partial charge in [-0.2, -0.15) is 5.26 Å². The van der Waals surface area contributed by atoms with E-state index in [2.05, 4.69) is 0 Å². The molecule has 17 heavy (non-hydrogen) atoms. The predicted octanol–water partition coefficient (Wildman–Crippen LogP) is 3.05. The average Bonchev–Trinajstić information content (AvgIpc) is 2.40. The summed E-state index contributed by atoms with van der Waals surface area (Å²) < 4.78 is 5.43. The lowest BCUT2D eigenvalue weighted by molar-refractivity contribution is 0.0211. The summed E-state index contributed by atoms with van der Waals surface area (Å²) in [6, 6.07) is 8.66. The molecule has 0 unspecified atom stereocenters. The molecule has 1 aromatic carbocycles. The molecule has 0 atom stereocenters. The predicted molar refractivity (Wildman–Crippen MR) is 63.4 cm³/mol. The van der Waals surface area contributed by atoms with Crippen molar-refractivity contribution < 1.29 is 9.53 Å². The van der Waals surface area contributed by atoms with Crippen LogP contribution in [0.15, 0.2) is 24.3 Å². The quantitative estimate of drug-likeness (QED) is 0.732. The third-order valence-electron chi connectivity index (χ3n) is 3.05. The van der Waals surface area contributed by atoms with E-state index in [-0.39, 0.29) is 12.1 Å². The van der Waals surface area contributed by atoms with E-state index in [1.807, 2.05) is 6.07 Å². The molecule has 3 nitrogen and oxygen atoms in total. The number of benzene rings is 1. The van der Waals surface area contributed by atoms with Crippen molar-refractivity contribution in [3.63, 3.8) is 0 Å². The van der Waals surface area contributed by atoms with Crippen molar-refractivity contribution in [1.82, 2.24) is 0 Å². The highest BCUT2D eigenvalue weighted by Crippen LogP contribution is 2.21. The number of rotatable bonds is 2. The Morgan fingerprint density at radius 2 is 2.06 bits per heavy atom. The lowest BCUT2D eigenvalue weighted by atomic mass is 9.98. The molecular weight excluding hydrogens is 214 g/mol. The maximum Gasteiger partial charge on any atom is 0.338 e. The van der Waals surface area contributed by atoms with Crippen LogP contribution >= 0.6 is 0 Å². The van der Waals surface area contributed by atoms with E-state index >= 15 is 0 Å². The van der Waals surface area contributed by atoms with Gasteiger partial charge in [-0.05, 0) is 43.9 Å². The summed E-state index contributed by atoms with van der Waals surface area (Å²) in [4.78, 5) is 11.8. The third kappa shape index (κ3) is 3.07. The van der Waals surface area contributed by atoms with Gasteiger partial charge < -0.3 is 4.74 Å². The zero-order valence-electron chi connectivity index (χ0n) is 9.69. The van der Waals surface area contributed by atoms with Gasteiger partial charge in [-0.3, -0.25) is 0 Å². The van der Waals surface area contributed by atoms with Crippen molar-refractivity contribution in [2.24, 2.45) is 0 Å². The molecule has 1 fully saturated rings. The number of hydrogen-bond acceptors (Lipinski definition) is 3. The van der Waals surface area contributed by atoms with E-state index in [4.69, 9.17) is 10.00 Å². The Morgan fingerprint density at radius 1 is 1.29 bits per heavy atom. The minimum Gasteiger partial charge on any atom is -0.459 e. The molecule has 1 aliphatic rings. The number of nitrogens with zero attached hydrogens (tertiary/aromatic N) is 1. The second-order valence-electron chi connectivity index (χ2n) is 4.36. The lowest BCUT2D eigenvalue weighted by Crippen LogP contribution is -2.20. The zero-order valence-corrected chi connectivity index (χ0v) is 9.69. The largest absolute Gasteiger partial charge is 0.459 e. The average molecular weight is 229 g/mol. The Balaban J connectivity index is 2.01. The molecule has 2 rings (SSSR count). The van der Waals surface area contributed by atoms with E-state index in [0.717, 1.165) is 25.7 Å². The number of carbonyl (C=O) groups excluding carboxylic acids is 1. The SMILES string of the molecule is N#Cc1cccc(C(=O)OC2CCCCC2)c1. The fourth-order valence-electron chi connectivity index (χ4n) is 2.12. The number of carbonyl (C=O) groups is 1. The first-order valence-electron chi connectivity index (χ1n) is 6.01. The third-order valence-corrected chi connectivity index (χ3v) is 3.05. The van der Waals surface area contributed by atoms with Gasteiger partial charge in [0.05, 0.1) is 17.2 Å². The number of ether oxygens (including phenoxy) is 1. The minimum atomic E-state index is -0.311. The molecule has 0 N–H and O–H groups in total. The molecule has 0 bridgehead atoms. The standard InChI is InChI=1S/C14H15NO2/c15-10-11-5-4-6-12(9-11)14(16)17-13-7-2-1-3-8-13/h4-6,9,13H,1-3,7-8H2. The molecular formula is C14H15NO2. The Kier molecular flexibility index (Phi) is 3.77.